The highest BCUT2D eigenvalue weighted by molar-refractivity contribution is 7.15. The summed E-state index contributed by atoms with van der Waals surface area (Å²) in [5, 5.41) is 3.49. The van der Waals surface area contributed by atoms with E-state index in [0.717, 1.165) is 25.0 Å². The van der Waals surface area contributed by atoms with E-state index in [0.29, 0.717) is 18.2 Å². The van der Waals surface area contributed by atoms with Crippen LogP contribution in [-0.4, -0.2) is 30.6 Å². The molecule has 1 aromatic heterocycles. The van der Waals surface area contributed by atoms with E-state index in [2.05, 4.69) is 10.3 Å². The van der Waals surface area contributed by atoms with Crippen LogP contribution in [0.5, 0.6) is 0 Å². The fourth-order valence-electron chi connectivity index (χ4n) is 2.02. The topological polar surface area (TPSA) is 77.2 Å². The average Bonchev–Trinajstić information content (AvgIpc) is 2.89. The second kappa shape index (κ2) is 6.26. The van der Waals surface area contributed by atoms with E-state index in [1.54, 1.807) is 18.4 Å². The molecule has 1 atom stereocenters. The fourth-order valence-corrected chi connectivity index (χ4v) is 3.07. The quantitative estimate of drug-likeness (QED) is 0.764. The van der Waals surface area contributed by atoms with Gasteiger partial charge in [0.25, 0.3) is 0 Å². The summed E-state index contributed by atoms with van der Waals surface area (Å²) in [5.74, 6) is -0.154. The number of methoxy groups -OCH3 is 1. The molecule has 1 aromatic rings. The maximum Gasteiger partial charge on any atom is 0.243 e. The van der Waals surface area contributed by atoms with Crippen LogP contribution in [0.2, 0.25) is 0 Å². The maximum atomic E-state index is 11.8. The zero-order valence-corrected chi connectivity index (χ0v) is 11.4. The molecule has 0 saturated carbocycles. The van der Waals surface area contributed by atoms with Crippen LogP contribution in [0.1, 0.15) is 29.8 Å². The Labute approximate surface area is 111 Å². The monoisotopic (exact) mass is 269 g/mol. The predicted octanol–water partition coefficient (Wildman–Crippen LogP) is 1.32. The Morgan fingerprint density at radius 1 is 1.61 bits per heavy atom. The first kappa shape index (κ1) is 13.5. The molecule has 1 amide bonds. The molecule has 0 aromatic carbocycles. The van der Waals surface area contributed by atoms with Gasteiger partial charge in [0, 0.05) is 18.6 Å². The predicted molar refractivity (Wildman–Crippen MR) is 71.9 cm³/mol. The number of ether oxygens (including phenoxy) is 1. The second-order valence-corrected chi connectivity index (χ2v) is 5.56. The van der Waals surface area contributed by atoms with Gasteiger partial charge < -0.3 is 15.8 Å². The Morgan fingerprint density at radius 3 is 3.17 bits per heavy atom. The zero-order chi connectivity index (χ0) is 13.0. The summed E-state index contributed by atoms with van der Waals surface area (Å²) >= 11 is 1.57. The number of rotatable bonds is 6. The molecule has 0 saturated heterocycles. The molecule has 6 heteroatoms. The molecule has 5 nitrogen and oxygen atoms in total. The average molecular weight is 269 g/mol. The number of nitrogens with zero attached hydrogens (tertiary/aromatic N) is 1. The number of nitrogens with one attached hydrogen (secondary N) is 1. The molecule has 0 aliphatic heterocycles. The standard InChI is InChI=1S/C12H19N3O2S/c1-17-7-3-4-8(13)11(16)15-12-14-9-5-2-6-10(9)18-12/h8H,2-7,13H2,1H3,(H,14,15,16). The molecule has 1 unspecified atom stereocenters. The Balaban J connectivity index is 1.82. The lowest BCUT2D eigenvalue weighted by Crippen LogP contribution is -2.35. The minimum Gasteiger partial charge on any atom is -0.385 e. The molecular weight excluding hydrogens is 250 g/mol. The molecular formula is C12H19N3O2S. The van der Waals surface area contributed by atoms with Crippen LogP contribution in [-0.2, 0) is 22.4 Å². The van der Waals surface area contributed by atoms with Gasteiger partial charge in [-0.05, 0) is 32.1 Å². The van der Waals surface area contributed by atoms with Crippen LogP contribution >= 0.6 is 11.3 Å². The van der Waals surface area contributed by atoms with Crippen molar-refractivity contribution in [2.75, 3.05) is 19.0 Å². The van der Waals surface area contributed by atoms with Crippen molar-refractivity contribution in [1.82, 2.24) is 4.98 Å². The van der Waals surface area contributed by atoms with E-state index < -0.39 is 6.04 Å². The van der Waals surface area contributed by atoms with Crippen molar-refractivity contribution in [3.8, 4) is 0 Å². The number of nitrogens with two attached hydrogens (primary N) is 1. The van der Waals surface area contributed by atoms with Gasteiger partial charge in [0.15, 0.2) is 5.13 Å². The van der Waals surface area contributed by atoms with Crippen LogP contribution in [0.4, 0.5) is 5.13 Å². The van der Waals surface area contributed by atoms with Gasteiger partial charge in [0.1, 0.15) is 0 Å². The van der Waals surface area contributed by atoms with Gasteiger partial charge in [0.2, 0.25) is 5.91 Å². The first-order valence-electron chi connectivity index (χ1n) is 6.24. The highest BCUT2D eigenvalue weighted by Crippen LogP contribution is 2.30. The Kier molecular flexibility index (Phi) is 4.68. The third-order valence-electron chi connectivity index (χ3n) is 3.03. The number of aryl methyl sites for hydroxylation is 2. The number of carbonyl (C=O) groups excluding carboxylic acids is 1. The van der Waals surface area contributed by atoms with Gasteiger partial charge in [-0.25, -0.2) is 4.98 Å². The number of hydrogen-bond donors (Lipinski definition) is 2. The molecule has 1 aliphatic rings. The van der Waals surface area contributed by atoms with Gasteiger partial charge in [-0.2, -0.15) is 0 Å². The number of thiazole rings is 1. The normalized spacial score (nSPS) is 15.4. The van der Waals surface area contributed by atoms with Gasteiger partial charge in [-0.1, -0.05) is 0 Å². The number of hydrogen-bond acceptors (Lipinski definition) is 5. The summed E-state index contributed by atoms with van der Waals surface area (Å²) in [7, 11) is 1.64. The number of fused-ring (bicyclic) bond motifs is 1. The number of amides is 1. The largest absolute Gasteiger partial charge is 0.385 e. The Hall–Kier alpha value is -0.980. The van der Waals surface area contributed by atoms with Gasteiger partial charge in [-0.15, -0.1) is 11.3 Å². The Morgan fingerprint density at radius 2 is 2.44 bits per heavy atom. The SMILES string of the molecule is COCCCC(N)C(=O)Nc1nc2c(s1)CCC2. The summed E-state index contributed by atoms with van der Waals surface area (Å²) in [6, 6.07) is -0.487. The highest BCUT2D eigenvalue weighted by atomic mass is 32.1. The van der Waals surface area contributed by atoms with Gasteiger partial charge in [0.05, 0.1) is 11.7 Å². The van der Waals surface area contributed by atoms with E-state index in [1.165, 1.54) is 11.3 Å². The van der Waals surface area contributed by atoms with Crippen LogP contribution in [0.3, 0.4) is 0 Å². The molecule has 3 N–H and O–H groups in total. The van der Waals surface area contributed by atoms with Crippen LogP contribution < -0.4 is 11.1 Å². The summed E-state index contributed by atoms with van der Waals surface area (Å²) < 4.78 is 4.93. The van der Waals surface area contributed by atoms with Crippen molar-refractivity contribution in [2.24, 2.45) is 5.73 Å². The van der Waals surface area contributed by atoms with Crippen LogP contribution in [0.15, 0.2) is 0 Å². The first-order valence-corrected chi connectivity index (χ1v) is 7.06. The summed E-state index contributed by atoms with van der Waals surface area (Å²) in [4.78, 5) is 17.5. The van der Waals surface area contributed by atoms with E-state index in [9.17, 15) is 4.79 Å². The number of anilines is 1. The molecule has 2 rings (SSSR count). The van der Waals surface area contributed by atoms with Gasteiger partial charge >= 0.3 is 0 Å². The van der Waals surface area contributed by atoms with E-state index in [-0.39, 0.29) is 5.91 Å². The van der Waals surface area contributed by atoms with Crippen molar-refractivity contribution >= 4 is 22.4 Å². The number of carbonyl (C=O) groups is 1. The van der Waals surface area contributed by atoms with Crippen molar-refractivity contribution in [3.05, 3.63) is 10.6 Å². The minimum atomic E-state index is -0.487. The molecule has 18 heavy (non-hydrogen) atoms. The molecule has 0 fully saturated rings. The highest BCUT2D eigenvalue weighted by Gasteiger charge is 2.19. The molecule has 0 spiro atoms. The third kappa shape index (κ3) is 3.28. The lowest BCUT2D eigenvalue weighted by molar-refractivity contribution is -0.117. The fraction of sp³-hybridized carbons (Fsp3) is 0.667. The van der Waals surface area contributed by atoms with Crippen LogP contribution in [0, 0.1) is 0 Å². The lowest BCUT2D eigenvalue weighted by atomic mass is 10.1. The molecule has 0 bridgehead atoms. The lowest BCUT2D eigenvalue weighted by Gasteiger charge is -2.10. The third-order valence-corrected chi connectivity index (χ3v) is 4.10. The Bertz CT molecular complexity index is 398. The van der Waals surface area contributed by atoms with E-state index in [1.807, 2.05) is 0 Å². The molecule has 100 valence electrons. The first-order chi connectivity index (χ1) is 8.70. The second-order valence-electron chi connectivity index (χ2n) is 4.47. The van der Waals surface area contributed by atoms with Crippen molar-refractivity contribution < 1.29 is 9.53 Å². The van der Waals surface area contributed by atoms with Crippen molar-refractivity contribution in [1.29, 1.82) is 0 Å². The van der Waals surface area contributed by atoms with Crippen LogP contribution in [0.25, 0.3) is 0 Å². The zero-order valence-electron chi connectivity index (χ0n) is 10.6. The summed E-state index contributed by atoms with van der Waals surface area (Å²) in [5.41, 5.74) is 6.95. The summed E-state index contributed by atoms with van der Waals surface area (Å²) in [6.45, 7) is 0.631. The van der Waals surface area contributed by atoms with E-state index in [4.69, 9.17) is 10.5 Å². The number of aromatic nitrogens is 1. The maximum absolute atomic E-state index is 11.8. The molecule has 1 aliphatic carbocycles. The molecule has 0 radical (unpaired) electrons. The summed E-state index contributed by atoms with van der Waals surface area (Å²) in [6.07, 6.45) is 4.72. The van der Waals surface area contributed by atoms with Crippen molar-refractivity contribution in [2.45, 2.75) is 38.1 Å². The smallest absolute Gasteiger partial charge is 0.243 e. The molecule has 1 heterocycles. The van der Waals surface area contributed by atoms with Crippen molar-refractivity contribution in [3.63, 3.8) is 0 Å². The van der Waals surface area contributed by atoms with E-state index >= 15 is 0 Å². The minimum absolute atomic E-state index is 0.154. The van der Waals surface area contributed by atoms with Gasteiger partial charge in [-0.3, -0.25) is 4.79 Å².